The lowest BCUT2D eigenvalue weighted by molar-refractivity contribution is 0.269. The molecule has 3 unspecified atom stereocenters. The number of halogens is 1. The lowest BCUT2D eigenvalue weighted by Gasteiger charge is -2.31. The minimum Gasteiger partial charge on any atom is -0.0888 e. The van der Waals surface area contributed by atoms with Gasteiger partial charge in [0.2, 0.25) is 0 Å². The van der Waals surface area contributed by atoms with Gasteiger partial charge in [0.25, 0.3) is 0 Å². The zero-order valence-corrected chi connectivity index (χ0v) is 10.8. The van der Waals surface area contributed by atoms with Crippen LogP contribution in [0, 0.1) is 17.8 Å². The smallest absolute Gasteiger partial charge is 0.0174 e. The van der Waals surface area contributed by atoms with E-state index >= 15 is 0 Å². The average Bonchev–Trinajstić information content (AvgIpc) is 2.06. The molecule has 1 rings (SSSR count). The molecule has 0 heterocycles. The minimum absolute atomic E-state index is 0.808. The summed E-state index contributed by atoms with van der Waals surface area (Å²) in [7, 11) is 0. The van der Waals surface area contributed by atoms with Crippen LogP contribution in [-0.2, 0) is 0 Å². The van der Waals surface area contributed by atoms with Crippen LogP contribution in [0.3, 0.4) is 0 Å². The van der Waals surface area contributed by atoms with Gasteiger partial charge in [0.15, 0.2) is 0 Å². The highest BCUT2D eigenvalue weighted by molar-refractivity contribution is 9.09. The van der Waals surface area contributed by atoms with Crippen molar-refractivity contribution in [3.63, 3.8) is 0 Å². The molecule has 1 saturated carbocycles. The first-order valence-corrected chi connectivity index (χ1v) is 6.65. The molecule has 1 heteroatoms. The van der Waals surface area contributed by atoms with Crippen LogP contribution < -0.4 is 0 Å². The van der Waals surface area contributed by atoms with Crippen LogP contribution in [-0.4, -0.2) is 4.83 Å². The van der Waals surface area contributed by atoms with Crippen molar-refractivity contribution in [3.8, 4) is 0 Å². The van der Waals surface area contributed by atoms with Crippen molar-refractivity contribution in [1.82, 2.24) is 0 Å². The zero-order valence-electron chi connectivity index (χ0n) is 9.22. The third kappa shape index (κ3) is 4.01. The monoisotopic (exact) mass is 246 g/mol. The van der Waals surface area contributed by atoms with E-state index in [2.05, 4.69) is 36.7 Å². The average molecular weight is 247 g/mol. The summed E-state index contributed by atoms with van der Waals surface area (Å²) < 4.78 is 0. The highest BCUT2D eigenvalue weighted by Gasteiger charge is 2.26. The molecule has 0 aromatic carbocycles. The maximum Gasteiger partial charge on any atom is 0.0174 e. The van der Waals surface area contributed by atoms with Crippen molar-refractivity contribution in [2.45, 2.75) is 57.7 Å². The van der Waals surface area contributed by atoms with Crippen molar-refractivity contribution in [3.05, 3.63) is 0 Å². The van der Waals surface area contributed by atoms with Gasteiger partial charge in [-0.3, -0.25) is 0 Å². The van der Waals surface area contributed by atoms with E-state index in [1.807, 2.05) is 0 Å². The second kappa shape index (κ2) is 5.38. The van der Waals surface area contributed by atoms with Gasteiger partial charge < -0.3 is 0 Å². The summed E-state index contributed by atoms with van der Waals surface area (Å²) in [6, 6.07) is 0. The maximum atomic E-state index is 3.83. The Hall–Kier alpha value is 0.480. The Labute approximate surface area is 91.6 Å². The minimum atomic E-state index is 0.808. The first kappa shape index (κ1) is 11.6. The fourth-order valence-electron chi connectivity index (χ4n) is 2.31. The Balaban J connectivity index is 2.29. The van der Waals surface area contributed by atoms with Crippen LogP contribution in [0.4, 0.5) is 0 Å². The zero-order chi connectivity index (χ0) is 9.84. The SMILES string of the molecule is CC(C)CCC1CC(C)CCC1Br. The maximum absolute atomic E-state index is 3.83. The van der Waals surface area contributed by atoms with Gasteiger partial charge in [0.1, 0.15) is 0 Å². The molecule has 0 saturated heterocycles. The summed E-state index contributed by atoms with van der Waals surface area (Å²) in [6.45, 7) is 7.06. The standard InChI is InChI=1S/C12H23Br/c1-9(2)4-6-11-8-10(3)5-7-12(11)13/h9-12H,4-8H2,1-3H3. The van der Waals surface area contributed by atoms with E-state index in [0.29, 0.717) is 0 Å². The van der Waals surface area contributed by atoms with Crippen LogP contribution in [0.15, 0.2) is 0 Å². The fourth-order valence-corrected chi connectivity index (χ4v) is 3.05. The third-order valence-electron chi connectivity index (χ3n) is 3.27. The second-order valence-corrected chi connectivity index (χ2v) is 6.34. The summed E-state index contributed by atoms with van der Waals surface area (Å²) in [4.78, 5) is 0.808. The van der Waals surface area contributed by atoms with Crippen LogP contribution in [0.25, 0.3) is 0 Å². The molecule has 13 heavy (non-hydrogen) atoms. The molecular formula is C12H23Br. The second-order valence-electron chi connectivity index (χ2n) is 5.17. The highest BCUT2D eigenvalue weighted by atomic mass is 79.9. The normalized spacial score (nSPS) is 35.3. The van der Waals surface area contributed by atoms with Gasteiger partial charge >= 0.3 is 0 Å². The van der Waals surface area contributed by atoms with E-state index in [1.54, 1.807) is 0 Å². The van der Waals surface area contributed by atoms with Crippen LogP contribution in [0.5, 0.6) is 0 Å². The molecule has 0 bridgehead atoms. The van der Waals surface area contributed by atoms with E-state index in [9.17, 15) is 0 Å². The molecule has 0 radical (unpaired) electrons. The quantitative estimate of drug-likeness (QED) is 0.638. The molecule has 0 nitrogen and oxygen atoms in total. The third-order valence-corrected chi connectivity index (χ3v) is 4.47. The van der Waals surface area contributed by atoms with Gasteiger partial charge in [-0.1, -0.05) is 43.1 Å². The topological polar surface area (TPSA) is 0 Å². The van der Waals surface area contributed by atoms with Gasteiger partial charge in [0.05, 0.1) is 0 Å². The molecule has 0 spiro atoms. The highest BCUT2D eigenvalue weighted by Crippen LogP contribution is 2.36. The molecule has 78 valence electrons. The van der Waals surface area contributed by atoms with Gasteiger partial charge in [-0.25, -0.2) is 0 Å². The molecule has 0 aliphatic heterocycles. The van der Waals surface area contributed by atoms with Crippen molar-refractivity contribution < 1.29 is 0 Å². The van der Waals surface area contributed by atoms with Crippen LogP contribution >= 0.6 is 15.9 Å². The van der Waals surface area contributed by atoms with Crippen molar-refractivity contribution in [2.75, 3.05) is 0 Å². The molecule has 1 aliphatic carbocycles. The van der Waals surface area contributed by atoms with E-state index < -0.39 is 0 Å². The van der Waals surface area contributed by atoms with Crippen molar-refractivity contribution in [1.29, 1.82) is 0 Å². The largest absolute Gasteiger partial charge is 0.0888 e. The van der Waals surface area contributed by atoms with E-state index in [4.69, 9.17) is 0 Å². The molecule has 0 aromatic heterocycles. The summed E-state index contributed by atoms with van der Waals surface area (Å²) in [5, 5.41) is 0. The van der Waals surface area contributed by atoms with Gasteiger partial charge in [-0.05, 0) is 43.4 Å². The molecule has 0 N–H and O–H groups in total. The van der Waals surface area contributed by atoms with Gasteiger partial charge in [-0.15, -0.1) is 0 Å². The lowest BCUT2D eigenvalue weighted by atomic mass is 9.79. The number of hydrogen-bond acceptors (Lipinski definition) is 0. The first-order chi connectivity index (χ1) is 6.09. The Morgan fingerprint density at radius 3 is 2.62 bits per heavy atom. The summed E-state index contributed by atoms with van der Waals surface area (Å²) >= 11 is 3.83. The van der Waals surface area contributed by atoms with Gasteiger partial charge in [-0.2, -0.15) is 0 Å². The van der Waals surface area contributed by atoms with Crippen LogP contribution in [0.1, 0.15) is 52.9 Å². The van der Waals surface area contributed by atoms with E-state index in [-0.39, 0.29) is 0 Å². The lowest BCUT2D eigenvalue weighted by Crippen LogP contribution is -2.24. The molecule has 0 aromatic rings. The summed E-state index contributed by atoms with van der Waals surface area (Å²) in [5.74, 6) is 2.79. The number of hydrogen-bond donors (Lipinski definition) is 0. The van der Waals surface area contributed by atoms with E-state index in [0.717, 1.165) is 22.6 Å². The number of alkyl halides is 1. The predicted molar refractivity (Wildman–Crippen MR) is 63.3 cm³/mol. The molecule has 0 amide bonds. The van der Waals surface area contributed by atoms with Gasteiger partial charge in [0, 0.05) is 4.83 Å². The Kier molecular flexibility index (Phi) is 4.78. The predicted octanol–water partition coefficient (Wildman–Crippen LogP) is 4.62. The van der Waals surface area contributed by atoms with Crippen molar-refractivity contribution in [2.24, 2.45) is 17.8 Å². The molecule has 1 aliphatic rings. The molecule has 3 atom stereocenters. The fraction of sp³-hybridized carbons (Fsp3) is 1.00. The number of rotatable bonds is 3. The Morgan fingerprint density at radius 2 is 2.00 bits per heavy atom. The Morgan fingerprint density at radius 1 is 1.31 bits per heavy atom. The summed E-state index contributed by atoms with van der Waals surface area (Å²) in [6.07, 6.45) is 7.10. The first-order valence-electron chi connectivity index (χ1n) is 5.73. The van der Waals surface area contributed by atoms with E-state index in [1.165, 1.54) is 32.1 Å². The Bertz CT molecular complexity index is 142. The molecular weight excluding hydrogens is 224 g/mol. The summed E-state index contributed by atoms with van der Waals surface area (Å²) in [5.41, 5.74) is 0. The van der Waals surface area contributed by atoms with Crippen molar-refractivity contribution >= 4 is 15.9 Å². The van der Waals surface area contributed by atoms with Crippen LogP contribution in [0.2, 0.25) is 0 Å². The molecule has 1 fully saturated rings.